The molecule has 3 heterocycles. The van der Waals surface area contributed by atoms with Crippen molar-refractivity contribution in [3.05, 3.63) is 144 Å². The number of aliphatic imine (C=N–C) groups is 2. The number of hydrogen-bond acceptors (Lipinski definition) is 7. The normalized spacial score (nSPS) is 13.5. The first-order valence-corrected chi connectivity index (χ1v) is 17.3. The van der Waals surface area contributed by atoms with Crippen molar-refractivity contribution in [3.63, 3.8) is 0 Å². The fraction of sp³-hybridized carbons (Fsp3) is 0.167. The molecule has 0 aliphatic carbocycles. The van der Waals surface area contributed by atoms with E-state index in [1.165, 1.54) is 0 Å². The third kappa shape index (κ3) is 8.77. The van der Waals surface area contributed by atoms with Crippen LogP contribution in [0.25, 0.3) is 28.0 Å². The number of allylic oxidation sites excluding steroid dienone is 1. The summed E-state index contributed by atoms with van der Waals surface area (Å²) in [4.78, 5) is 25.6. The van der Waals surface area contributed by atoms with E-state index < -0.39 is 11.7 Å². The zero-order chi connectivity index (χ0) is 36.8. The number of hydrogen-bond donors (Lipinski definition) is 3. The van der Waals surface area contributed by atoms with Crippen molar-refractivity contribution in [2.45, 2.75) is 39.5 Å². The van der Waals surface area contributed by atoms with E-state index in [2.05, 4.69) is 57.0 Å². The summed E-state index contributed by atoms with van der Waals surface area (Å²) >= 11 is 0. The van der Waals surface area contributed by atoms with E-state index in [1.54, 1.807) is 23.0 Å². The molecular formula is C42H39N7O4. The zero-order valence-corrected chi connectivity index (χ0v) is 29.7. The number of aromatic nitrogens is 4. The molecule has 0 bridgehead atoms. The van der Waals surface area contributed by atoms with Gasteiger partial charge in [-0.25, -0.2) is 14.8 Å². The molecule has 11 nitrogen and oxygen atoms in total. The molecular weight excluding hydrogens is 667 g/mol. The van der Waals surface area contributed by atoms with E-state index in [1.807, 2.05) is 93.6 Å². The Balaban J connectivity index is 1.09. The second kappa shape index (κ2) is 15.2. The first-order chi connectivity index (χ1) is 25.7. The molecule has 11 heteroatoms. The van der Waals surface area contributed by atoms with Crippen LogP contribution in [-0.4, -0.2) is 54.9 Å². The Morgan fingerprint density at radius 3 is 2.25 bits per heavy atom. The average Bonchev–Trinajstić information content (AvgIpc) is 3.91. The van der Waals surface area contributed by atoms with Gasteiger partial charge in [-0.05, 0) is 98.1 Å². The maximum absolute atomic E-state index is 11.9. The highest BCUT2D eigenvalue weighted by atomic mass is 16.6. The number of rotatable bonds is 11. The van der Waals surface area contributed by atoms with Gasteiger partial charge in [0, 0.05) is 28.9 Å². The number of phenolic OH excluding ortho intramolecular Hbond substituents is 1. The topological polar surface area (TPSA) is 139 Å². The molecule has 0 radical (unpaired) electrons. The standard InChI is InChI=1S/C42H39N7O4/c1-42(2,3)53-41(51)43-22-23-49-26-32(47-48-49)27-52-34-20-16-31(17-21-34)38-25-36(29-12-8-5-9-13-29)40(45-38)46-39-35(28-10-6-4-7-11-28)24-37(44-39)30-14-18-33(50)19-15-30/h4-21,24-26,44,50H,22-23,27H2,1-3H3,(H,43,51)/b46-40-. The van der Waals surface area contributed by atoms with Crippen LogP contribution < -0.4 is 10.1 Å². The summed E-state index contributed by atoms with van der Waals surface area (Å²) in [6.07, 6.45) is 3.38. The number of ether oxygens (including phenoxy) is 2. The lowest BCUT2D eigenvalue weighted by Crippen LogP contribution is -2.34. The van der Waals surface area contributed by atoms with Gasteiger partial charge in [-0.15, -0.1) is 5.10 Å². The molecule has 0 saturated carbocycles. The molecule has 1 aliphatic rings. The fourth-order valence-corrected chi connectivity index (χ4v) is 5.72. The Kier molecular flexibility index (Phi) is 9.97. The number of benzene rings is 4. The molecule has 266 valence electrons. The summed E-state index contributed by atoms with van der Waals surface area (Å²) in [7, 11) is 0. The van der Waals surface area contributed by atoms with Gasteiger partial charge >= 0.3 is 6.09 Å². The number of amides is 1. The lowest BCUT2D eigenvalue weighted by Gasteiger charge is -2.19. The maximum atomic E-state index is 11.9. The second-order valence-electron chi connectivity index (χ2n) is 13.4. The lowest BCUT2D eigenvalue weighted by molar-refractivity contribution is 0.0525. The van der Waals surface area contributed by atoms with Gasteiger partial charge in [0.15, 0.2) is 5.84 Å². The number of nitrogens with zero attached hydrogens (tertiary/aromatic N) is 5. The van der Waals surface area contributed by atoms with Gasteiger partial charge in [0.1, 0.15) is 35.2 Å². The van der Waals surface area contributed by atoms with Crippen molar-refractivity contribution >= 4 is 29.0 Å². The molecule has 7 rings (SSSR count). The first-order valence-electron chi connectivity index (χ1n) is 17.3. The highest BCUT2D eigenvalue weighted by Crippen LogP contribution is 2.37. The van der Waals surface area contributed by atoms with Gasteiger partial charge < -0.3 is 24.9 Å². The van der Waals surface area contributed by atoms with Crippen LogP contribution >= 0.6 is 0 Å². The molecule has 6 aromatic rings. The highest BCUT2D eigenvalue weighted by molar-refractivity contribution is 6.38. The van der Waals surface area contributed by atoms with E-state index in [9.17, 15) is 9.90 Å². The number of H-pyrrole nitrogens is 1. The summed E-state index contributed by atoms with van der Waals surface area (Å²) in [5, 5.41) is 20.9. The van der Waals surface area contributed by atoms with Crippen LogP contribution in [0.5, 0.6) is 11.5 Å². The lowest BCUT2D eigenvalue weighted by atomic mass is 10.0. The minimum Gasteiger partial charge on any atom is -0.508 e. The fourth-order valence-electron chi connectivity index (χ4n) is 5.72. The van der Waals surface area contributed by atoms with Crippen LogP contribution in [-0.2, 0) is 17.9 Å². The number of phenols is 1. The Hall–Kier alpha value is -6.75. The number of aromatic amines is 1. The number of amidine groups is 1. The Morgan fingerprint density at radius 2 is 1.55 bits per heavy atom. The third-order valence-corrected chi connectivity index (χ3v) is 8.24. The number of nitrogens with one attached hydrogen (secondary N) is 2. The summed E-state index contributed by atoms with van der Waals surface area (Å²) in [6, 6.07) is 37.2. The first kappa shape index (κ1) is 34.7. The smallest absolute Gasteiger partial charge is 0.407 e. The SMILES string of the molecule is CC(C)(C)OC(=O)NCCn1cc(COc2ccc(C3=N/C(=N\c4[nH]c(-c5ccc(O)cc5)cc4-c4ccccc4)C(c4ccccc4)=C3)cc2)nn1. The molecule has 0 unspecified atom stereocenters. The van der Waals surface area contributed by atoms with E-state index >= 15 is 0 Å². The van der Waals surface area contributed by atoms with E-state index in [0.717, 1.165) is 44.8 Å². The Labute approximate surface area is 307 Å². The van der Waals surface area contributed by atoms with Crippen LogP contribution in [0.2, 0.25) is 0 Å². The van der Waals surface area contributed by atoms with Gasteiger partial charge in [0.05, 0.1) is 18.5 Å². The monoisotopic (exact) mass is 705 g/mol. The molecule has 3 N–H and O–H groups in total. The van der Waals surface area contributed by atoms with Crippen molar-refractivity contribution < 1.29 is 19.4 Å². The van der Waals surface area contributed by atoms with Crippen LogP contribution in [0.1, 0.15) is 37.6 Å². The maximum Gasteiger partial charge on any atom is 0.407 e. The summed E-state index contributed by atoms with van der Waals surface area (Å²) in [6.45, 7) is 6.50. The van der Waals surface area contributed by atoms with Crippen molar-refractivity contribution in [3.8, 4) is 33.9 Å². The van der Waals surface area contributed by atoms with Crippen molar-refractivity contribution in [2.75, 3.05) is 6.54 Å². The zero-order valence-electron chi connectivity index (χ0n) is 29.7. The van der Waals surface area contributed by atoms with Crippen LogP contribution in [0.4, 0.5) is 10.6 Å². The number of alkyl carbamates (subject to hydrolysis) is 1. The number of carbonyl (C=O) groups is 1. The van der Waals surface area contributed by atoms with Gasteiger partial charge in [0.25, 0.3) is 0 Å². The van der Waals surface area contributed by atoms with Gasteiger partial charge in [-0.1, -0.05) is 65.9 Å². The van der Waals surface area contributed by atoms with Crippen molar-refractivity contribution in [1.29, 1.82) is 0 Å². The van der Waals surface area contributed by atoms with Crippen LogP contribution in [0.15, 0.2) is 138 Å². The van der Waals surface area contributed by atoms with Crippen molar-refractivity contribution in [2.24, 2.45) is 9.98 Å². The predicted molar refractivity (Wildman–Crippen MR) is 206 cm³/mol. The highest BCUT2D eigenvalue weighted by Gasteiger charge is 2.21. The predicted octanol–water partition coefficient (Wildman–Crippen LogP) is 8.37. The van der Waals surface area contributed by atoms with E-state index in [0.29, 0.717) is 36.2 Å². The number of aromatic hydroxyl groups is 1. The largest absolute Gasteiger partial charge is 0.508 e. The third-order valence-electron chi connectivity index (χ3n) is 8.24. The van der Waals surface area contributed by atoms with Gasteiger partial charge in [0.2, 0.25) is 0 Å². The molecule has 2 aromatic heterocycles. The minimum atomic E-state index is -0.554. The minimum absolute atomic E-state index is 0.210. The number of carbonyl (C=O) groups excluding carboxylic acids is 1. The van der Waals surface area contributed by atoms with Crippen LogP contribution in [0, 0.1) is 0 Å². The second-order valence-corrected chi connectivity index (χ2v) is 13.4. The summed E-state index contributed by atoms with van der Waals surface area (Å²) in [5.74, 6) is 2.16. The molecule has 4 aromatic carbocycles. The molecule has 0 fully saturated rings. The molecule has 0 atom stereocenters. The van der Waals surface area contributed by atoms with Crippen LogP contribution in [0.3, 0.4) is 0 Å². The summed E-state index contributed by atoms with van der Waals surface area (Å²) < 4.78 is 12.9. The molecule has 1 amide bonds. The average molecular weight is 706 g/mol. The van der Waals surface area contributed by atoms with Gasteiger partial charge in [-0.2, -0.15) is 0 Å². The molecule has 0 spiro atoms. The Bertz CT molecular complexity index is 2280. The Morgan fingerprint density at radius 1 is 0.868 bits per heavy atom. The van der Waals surface area contributed by atoms with E-state index in [-0.39, 0.29) is 12.4 Å². The molecule has 53 heavy (non-hydrogen) atoms. The van der Waals surface area contributed by atoms with Crippen molar-refractivity contribution in [1.82, 2.24) is 25.3 Å². The summed E-state index contributed by atoms with van der Waals surface area (Å²) in [5.41, 5.74) is 7.49. The quantitative estimate of drug-likeness (QED) is 0.124. The van der Waals surface area contributed by atoms with Gasteiger partial charge in [-0.3, -0.25) is 4.68 Å². The molecule has 0 saturated heterocycles. The molecule has 1 aliphatic heterocycles. The van der Waals surface area contributed by atoms with E-state index in [4.69, 9.17) is 19.5 Å².